The van der Waals surface area contributed by atoms with E-state index in [1.807, 2.05) is 0 Å². The number of likely N-dealkylation sites (tertiary alicyclic amines) is 1. The Morgan fingerprint density at radius 3 is 2.74 bits per heavy atom. The zero-order valence-corrected chi connectivity index (χ0v) is 11.6. The average Bonchev–Trinajstić information content (AvgIpc) is 3.20. The molecule has 2 saturated carbocycles. The van der Waals surface area contributed by atoms with Crippen LogP contribution < -0.4 is 0 Å². The summed E-state index contributed by atoms with van der Waals surface area (Å²) in [5.74, 6) is 4.29. The van der Waals surface area contributed by atoms with Gasteiger partial charge in [-0.1, -0.05) is 24.4 Å². The maximum Gasteiger partial charge on any atom is 0.240 e. The Balaban J connectivity index is 1.36. The van der Waals surface area contributed by atoms with Crippen molar-refractivity contribution in [3.05, 3.63) is 11.7 Å². The molecule has 0 unspecified atom stereocenters. The minimum atomic E-state index is 0.599. The Labute approximate surface area is 114 Å². The first-order valence-electron chi connectivity index (χ1n) is 7.93. The van der Waals surface area contributed by atoms with E-state index in [2.05, 4.69) is 15.0 Å². The van der Waals surface area contributed by atoms with Crippen LogP contribution in [0.3, 0.4) is 0 Å². The van der Waals surface area contributed by atoms with E-state index < -0.39 is 0 Å². The van der Waals surface area contributed by atoms with Crippen LogP contribution in [0.2, 0.25) is 0 Å². The molecule has 3 aliphatic rings. The van der Waals surface area contributed by atoms with Crippen molar-refractivity contribution in [2.24, 2.45) is 11.8 Å². The molecule has 4 rings (SSSR count). The first-order valence-corrected chi connectivity index (χ1v) is 7.93. The summed E-state index contributed by atoms with van der Waals surface area (Å²) in [6.45, 7) is 3.32. The van der Waals surface area contributed by atoms with Gasteiger partial charge in [-0.2, -0.15) is 4.98 Å². The number of nitrogens with zero attached hydrogens (tertiary/aromatic N) is 3. The predicted octanol–water partition coefficient (Wildman–Crippen LogP) is 2.96. The summed E-state index contributed by atoms with van der Waals surface area (Å²) in [5, 5.41) is 4.11. The van der Waals surface area contributed by atoms with E-state index in [1.54, 1.807) is 0 Å². The number of hydrogen-bond donors (Lipinski definition) is 0. The van der Waals surface area contributed by atoms with Gasteiger partial charge in [0.05, 0.1) is 6.54 Å². The summed E-state index contributed by atoms with van der Waals surface area (Å²) < 4.78 is 5.40. The molecule has 3 fully saturated rings. The van der Waals surface area contributed by atoms with Gasteiger partial charge in [0.25, 0.3) is 0 Å². The molecule has 0 spiro atoms. The summed E-state index contributed by atoms with van der Waals surface area (Å²) in [4.78, 5) is 7.08. The standard InChI is InChI=1S/C15H23N3O/c1-2-4-13-9-18(8-7-11(13)3-1)10-14-16-15(17-19-14)12-5-6-12/h11-13H,1-10H2/t11-,13-/m1/s1. The molecule has 1 aromatic heterocycles. The van der Waals surface area contributed by atoms with Crippen LogP contribution >= 0.6 is 0 Å². The highest BCUT2D eigenvalue weighted by Gasteiger charge is 2.32. The predicted molar refractivity (Wildman–Crippen MR) is 71.6 cm³/mol. The zero-order valence-electron chi connectivity index (χ0n) is 11.6. The molecular formula is C15H23N3O. The van der Waals surface area contributed by atoms with E-state index in [4.69, 9.17) is 4.52 Å². The van der Waals surface area contributed by atoms with Gasteiger partial charge in [-0.3, -0.25) is 4.90 Å². The first-order chi connectivity index (χ1) is 9.38. The van der Waals surface area contributed by atoms with Gasteiger partial charge in [-0.15, -0.1) is 0 Å². The molecule has 0 bridgehead atoms. The van der Waals surface area contributed by atoms with Crippen molar-refractivity contribution in [1.82, 2.24) is 15.0 Å². The smallest absolute Gasteiger partial charge is 0.240 e. The highest BCUT2D eigenvalue weighted by atomic mass is 16.5. The second-order valence-electron chi connectivity index (χ2n) is 6.65. The quantitative estimate of drug-likeness (QED) is 0.839. The lowest BCUT2D eigenvalue weighted by Gasteiger charge is -2.40. The second-order valence-corrected chi connectivity index (χ2v) is 6.65. The minimum absolute atomic E-state index is 0.599. The second kappa shape index (κ2) is 4.89. The molecular weight excluding hydrogens is 238 g/mol. The summed E-state index contributed by atoms with van der Waals surface area (Å²) >= 11 is 0. The molecule has 1 saturated heterocycles. The summed E-state index contributed by atoms with van der Waals surface area (Å²) in [7, 11) is 0. The fourth-order valence-electron chi connectivity index (χ4n) is 3.85. The fraction of sp³-hybridized carbons (Fsp3) is 0.867. The third-order valence-corrected chi connectivity index (χ3v) is 5.16. The van der Waals surface area contributed by atoms with Crippen molar-refractivity contribution in [1.29, 1.82) is 0 Å². The molecule has 4 nitrogen and oxygen atoms in total. The monoisotopic (exact) mass is 261 g/mol. The van der Waals surface area contributed by atoms with Gasteiger partial charge < -0.3 is 4.52 Å². The number of aromatic nitrogens is 2. The van der Waals surface area contributed by atoms with Crippen molar-refractivity contribution >= 4 is 0 Å². The maximum absolute atomic E-state index is 5.40. The first kappa shape index (κ1) is 11.9. The maximum atomic E-state index is 5.40. The van der Waals surface area contributed by atoms with Gasteiger partial charge in [-0.05, 0) is 44.1 Å². The van der Waals surface area contributed by atoms with Gasteiger partial charge in [-0.25, -0.2) is 0 Å². The summed E-state index contributed by atoms with van der Waals surface area (Å²) in [5.41, 5.74) is 0. The van der Waals surface area contributed by atoms with E-state index in [1.165, 1.54) is 58.0 Å². The Hall–Kier alpha value is -0.900. The molecule has 1 aromatic rings. The Morgan fingerprint density at radius 2 is 1.89 bits per heavy atom. The van der Waals surface area contributed by atoms with E-state index in [-0.39, 0.29) is 0 Å². The van der Waals surface area contributed by atoms with Crippen molar-refractivity contribution in [2.45, 2.75) is 57.4 Å². The lowest BCUT2D eigenvalue weighted by atomic mass is 9.75. The number of hydrogen-bond acceptors (Lipinski definition) is 4. The molecule has 0 N–H and O–H groups in total. The molecule has 104 valence electrons. The highest BCUT2D eigenvalue weighted by molar-refractivity contribution is 5.03. The SMILES string of the molecule is C1CC[C@@H]2CN(Cc3nc(C4CC4)no3)CC[C@H]2C1. The molecule has 2 heterocycles. The Bertz CT molecular complexity index is 440. The molecule has 1 aliphatic heterocycles. The normalized spacial score (nSPS) is 32.2. The van der Waals surface area contributed by atoms with E-state index in [0.717, 1.165) is 30.1 Å². The number of rotatable bonds is 3. The van der Waals surface area contributed by atoms with Gasteiger partial charge in [0.1, 0.15) is 0 Å². The van der Waals surface area contributed by atoms with Gasteiger partial charge in [0.2, 0.25) is 5.89 Å². The van der Waals surface area contributed by atoms with Crippen LogP contribution in [0.1, 0.15) is 62.6 Å². The molecule has 0 amide bonds. The van der Waals surface area contributed by atoms with Crippen LogP contribution in [0, 0.1) is 11.8 Å². The van der Waals surface area contributed by atoms with Crippen LogP contribution in [0.4, 0.5) is 0 Å². The van der Waals surface area contributed by atoms with Crippen LogP contribution in [-0.4, -0.2) is 28.1 Å². The van der Waals surface area contributed by atoms with E-state index >= 15 is 0 Å². The molecule has 2 aliphatic carbocycles. The number of piperidine rings is 1. The topological polar surface area (TPSA) is 42.2 Å². The largest absolute Gasteiger partial charge is 0.338 e. The molecule has 0 aromatic carbocycles. The third kappa shape index (κ3) is 2.55. The number of fused-ring (bicyclic) bond motifs is 1. The average molecular weight is 261 g/mol. The lowest BCUT2D eigenvalue weighted by Crippen LogP contribution is -2.41. The van der Waals surface area contributed by atoms with Crippen molar-refractivity contribution in [3.63, 3.8) is 0 Å². The molecule has 4 heteroatoms. The van der Waals surface area contributed by atoms with Crippen molar-refractivity contribution in [3.8, 4) is 0 Å². The third-order valence-electron chi connectivity index (χ3n) is 5.16. The zero-order chi connectivity index (χ0) is 12.7. The summed E-state index contributed by atoms with van der Waals surface area (Å²) in [6.07, 6.45) is 9.63. The molecule has 19 heavy (non-hydrogen) atoms. The van der Waals surface area contributed by atoms with Crippen LogP contribution in [0.15, 0.2) is 4.52 Å². The lowest BCUT2D eigenvalue weighted by molar-refractivity contribution is 0.0747. The van der Waals surface area contributed by atoms with E-state index in [9.17, 15) is 0 Å². The van der Waals surface area contributed by atoms with Crippen molar-refractivity contribution in [2.75, 3.05) is 13.1 Å². The molecule has 0 radical (unpaired) electrons. The van der Waals surface area contributed by atoms with Gasteiger partial charge in [0.15, 0.2) is 5.82 Å². The Morgan fingerprint density at radius 1 is 1.05 bits per heavy atom. The van der Waals surface area contributed by atoms with Crippen LogP contribution in [0.25, 0.3) is 0 Å². The highest BCUT2D eigenvalue weighted by Crippen LogP contribution is 2.38. The fourth-order valence-corrected chi connectivity index (χ4v) is 3.85. The van der Waals surface area contributed by atoms with Crippen LogP contribution in [0.5, 0.6) is 0 Å². The minimum Gasteiger partial charge on any atom is -0.338 e. The van der Waals surface area contributed by atoms with Crippen LogP contribution in [-0.2, 0) is 6.54 Å². The van der Waals surface area contributed by atoms with Crippen molar-refractivity contribution < 1.29 is 4.52 Å². The summed E-state index contributed by atoms with van der Waals surface area (Å²) in [6, 6.07) is 0. The Kier molecular flexibility index (Phi) is 3.06. The van der Waals surface area contributed by atoms with Gasteiger partial charge in [0, 0.05) is 12.5 Å². The molecule has 2 atom stereocenters. The van der Waals surface area contributed by atoms with Gasteiger partial charge >= 0.3 is 0 Å². The van der Waals surface area contributed by atoms with E-state index in [0.29, 0.717) is 5.92 Å².